The maximum atomic E-state index is 12.1. The van der Waals surface area contributed by atoms with E-state index in [0.29, 0.717) is 33.4 Å². The van der Waals surface area contributed by atoms with E-state index in [9.17, 15) is 4.79 Å². The van der Waals surface area contributed by atoms with Crippen LogP contribution in [0.3, 0.4) is 0 Å². The summed E-state index contributed by atoms with van der Waals surface area (Å²) in [6.45, 7) is 0. The molecule has 1 aliphatic heterocycles. The highest BCUT2D eigenvalue weighted by atomic mass is 35.5. The molecule has 0 bridgehead atoms. The molecule has 3 rings (SSSR count). The van der Waals surface area contributed by atoms with Crippen LogP contribution < -0.4 is 9.47 Å². The summed E-state index contributed by atoms with van der Waals surface area (Å²) >= 11 is 6.13. The largest absolute Gasteiger partial charge is 0.497 e. The van der Waals surface area contributed by atoms with Crippen LogP contribution >= 0.6 is 11.6 Å². The fourth-order valence-corrected chi connectivity index (χ4v) is 2.57. The quantitative estimate of drug-likeness (QED) is 0.612. The number of halogens is 1. The van der Waals surface area contributed by atoms with Gasteiger partial charge in [0.05, 0.1) is 25.4 Å². The maximum absolute atomic E-state index is 12.1. The van der Waals surface area contributed by atoms with Crippen LogP contribution in [0.15, 0.2) is 54.1 Å². The minimum absolute atomic E-state index is 0.427. The van der Waals surface area contributed by atoms with E-state index in [1.807, 2.05) is 18.2 Å². The predicted octanol–water partition coefficient (Wildman–Crippen LogP) is 4.34. The Morgan fingerprint density at radius 1 is 1.08 bits per heavy atom. The molecule has 0 spiro atoms. The molecule has 0 fully saturated rings. The maximum Gasteiger partial charge on any atom is 0.343 e. The second-order valence-corrected chi connectivity index (χ2v) is 5.49. The number of hydrogen-bond donors (Lipinski definition) is 0. The van der Waals surface area contributed by atoms with Gasteiger partial charge >= 0.3 is 5.97 Å². The first-order valence-corrected chi connectivity index (χ1v) is 7.62. The average Bonchev–Trinajstić information content (AvgIpc) is 2.96. The lowest BCUT2D eigenvalue weighted by atomic mass is 10.1. The molecule has 2 aromatic rings. The number of ether oxygens (including phenoxy) is 3. The minimum atomic E-state index is -0.428. The first-order chi connectivity index (χ1) is 11.6. The molecule has 4 nitrogen and oxygen atoms in total. The van der Waals surface area contributed by atoms with Gasteiger partial charge in [-0.15, -0.1) is 0 Å². The lowest BCUT2D eigenvalue weighted by Gasteiger charge is -2.10. The Labute approximate surface area is 144 Å². The molecule has 0 radical (unpaired) electrons. The Bertz CT molecular complexity index is 852. The van der Waals surface area contributed by atoms with Crippen LogP contribution in [0.1, 0.15) is 11.1 Å². The number of cyclic esters (lactones) is 1. The molecular formula is C19H15ClO4. The Morgan fingerprint density at radius 2 is 1.88 bits per heavy atom. The SMILES string of the molecule is COc1ccc(C2=C/C(=C\c3ccccc3Cl)C(=O)O2)c(OC)c1. The molecule has 0 aliphatic carbocycles. The summed E-state index contributed by atoms with van der Waals surface area (Å²) in [7, 11) is 3.13. The number of hydrogen-bond acceptors (Lipinski definition) is 4. The van der Waals surface area contributed by atoms with E-state index in [0.717, 1.165) is 5.56 Å². The van der Waals surface area contributed by atoms with Gasteiger partial charge in [0.2, 0.25) is 0 Å². The van der Waals surface area contributed by atoms with Gasteiger partial charge in [-0.05, 0) is 35.9 Å². The summed E-state index contributed by atoms with van der Waals surface area (Å²) in [4.78, 5) is 12.1. The Morgan fingerprint density at radius 3 is 2.58 bits per heavy atom. The monoisotopic (exact) mass is 342 g/mol. The third kappa shape index (κ3) is 3.14. The van der Waals surface area contributed by atoms with Crippen LogP contribution in [0.2, 0.25) is 5.02 Å². The van der Waals surface area contributed by atoms with Crippen molar-refractivity contribution in [1.29, 1.82) is 0 Å². The number of carbonyl (C=O) groups is 1. The lowest BCUT2D eigenvalue weighted by molar-refractivity contribution is -0.130. The first-order valence-electron chi connectivity index (χ1n) is 7.25. The Balaban J connectivity index is 1.99. The average molecular weight is 343 g/mol. The molecule has 0 aromatic heterocycles. The molecule has 0 saturated carbocycles. The topological polar surface area (TPSA) is 44.8 Å². The molecule has 2 aromatic carbocycles. The number of carbonyl (C=O) groups excluding carboxylic acids is 1. The third-order valence-corrected chi connectivity index (χ3v) is 3.96. The second kappa shape index (κ2) is 6.81. The zero-order valence-electron chi connectivity index (χ0n) is 13.2. The molecule has 0 amide bonds. The highest BCUT2D eigenvalue weighted by Gasteiger charge is 2.24. The van der Waals surface area contributed by atoms with Gasteiger partial charge in [0.1, 0.15) is 17.3 Å². The number of rotatable bonds is 4. The van der Waals surface area contributed by atoms with Gasteiger partial charge in [-0.25, -0.2) is 4.79 Å². The van der Waals surface area contributed by atoms with Gasteiger partial charge < -0.3 is 14.2 Å². The van der Waals surface area contributed by atoms with Crippen LogP contribution in [0.4, 0.5) is 0 Å². The van der Waals surface area contributed by atoms with Crippen molar-refractivity contribution in [3.8, 4) is 11.5 Å². The Hall–Kier alpha value is -2.72. The van der Waals surface area contributed by atoms with Crippen LogP contribution in [0.5, 0.6) is 11.5 Å². The Kier molecular flexibility index (Phi) is 4.58. The third-order valence-electron chi connectivity index (χ3n) is 3.62. The van der Waals surface area contributed by atoms with E-state index in [-0.39, 0.29) is 0 Å². The molecule has 0 unspecified atom stereocenters. The number of benzene rings is 2. The zero-order valence-corrected chi connectivity index (χ0v) is 14.0. The summed E-state index contributed by atoms with van der Waals surface area (Å²) < 4.78 is 15.9. The fourth-order valence-electron chi connectivity index (χ4n) is 2.38. The molecule has 1 aliphatic rings. The summed E-state index contributed by atoms with van der Waals surface area (Å²) in [5.74, 6) is 1.22. The summed E-state index contributed by atoms with van der Waals surface area (Å²) in [6, 6.07) is 12.6. The standard InChI is InChI=1S/C19H15ClO4/c1-22-14-7-8-15(17(11-14)23-2)18-10-13(19(21)24-18)9-12-5-3-4-6-16(12)20/h3-11H,1-2H3/b13-9+. The van der Waals surface area contributed by atoms with Crippen molar-refractivity contribution in [3.05, 3.63) is 70.3 Å². The molecular weight excluding hydrogens is 328 g/mol. The van der Waals surface area contributed by atoms with E-state index < -0.39 is 5.97 Å². The molecule has 0 saturated heterocycles. The van der Waals surface area contributed by atoms with Gasteiger partial charge in [-0.1, -0.05) is 29.8 Å². The molecule has 122 valence electrons. The predicted molar refractivity (Wildman–Crippen MR) is 93.0 cm³/mol. The van der Waals surface area contributed by atoms with E-state index in [1.165, 1.54) is 0 Å². The van der Waals surface area contributed by atoms with Crippen LogP contribution in [-0.4, -0.2) is 20.2 Å². The lowest BCUT2D eigenvalue weighted by Crippen LogP contribution is -1.98. The highest BCUT2D eigenvalue weighted by molar-refractivity contribution is 6.32. The first kappa shape index (κ1) is 16.1. The summed E-state index contributed by atoms with van der Waals surface area (Å²) in [5, 5.41) is 0.571. The summed E-state index contributed by atoms with van der Waals surface area (Å²) in [5.41, 5.74) is 1.86. The van der Waals surface area contributed by atoms with Gasteiger partial charge in [0.25, 0.3) is 0 Å². The van der Waals surface area contributed by atoms with Crippen molar-refractivity contribution in [3.63, 3.8) is 0 Å². The molecule has 0 atom stereocenters. The van der Waals surface area contributed by atoms with Crippen molar-refractivity contribution >= 4 is 29.4 Å². The minimum Gasteiger partial charge on any atom is -0.497 e. The van der Waals surface area contributed by atoms with Crippen molar-refractivity contribution in [2.45, 2.75) is 0 Å². The second-order valence-electron chi connectivity index (χ2n) is 5.09. The fraction of sp³-hybridized carbons (Fsp3) is 0.105. The van der Waals surface area contributed by atoms with E-state index in [1.54, 1.807) is 50.6 Å². The smallest absolute Gasteiger partial charge is 0.343 e. The molecule has 0 N–H and O–H groups in total. The van der Waals surface area contributed by atoms with Crippen molar-refractivity contribution in [2.24, 2.45) is 0 Å². The van der Waals surface area contributed by atoms with Crippen molar-refractivity contribution < 1.29 is 19.0 Å². The molecule has 24 heavy (non-hydrogen) atoms. The highest BCUT2D eigenvalue weighted by Crippen LogP contribution is 2.35. The number of esters is 1. The zero-order chi connectivity index (χ0) is 17.1. The molecule has 5 heteroatoms. The van der Waals surface area contributed by atoms with Gasteiger partial charge in [-0.2, -0.15) is 0 Å². The summed E-state index contributed by atoms with van der Waals surface area (Å²) in [6.07, 6.45) is 3.38. The number of methoxy groups -OCH3 is 2. The van der Waals surface area contributed by atoms with Gasteiger partial charge in [0, 0.05) is 11.1 Å². The van der Waals surface area contributed by atoms with E-state index >= 15 is 0 Å². The van der Waals surface area contributed by atoms with E-state index in [4.69, 9.17) is 25.8 Å². The van der Waals surface area contributed by atoms with Gasteiger partial charge in [-0.3, -0.25) is 0 Å². The van der Waals surface area contributed by atoms with Gasteiger partial charge in [0.15, 0.2) is 0 Å². The van der Waals surface area contributed by atoms with Crippen molar-refractivity contribution in [1.82, 2.24) is 0 Å². The molecule has 1 heterocycles. The van der Waals surface area contributed by atoms with Crippen LogP contribution in [-0.2, 0) is 9.53 Å². The van der Waals surface area contributed by atoms with Crippen molar-refractivity contribution in [2.75, 3.05) is 14.2 Å². The van der Waals surface area contributed by atoms with Crippen LogP contribution in [0.25, 0.3) is 11.8 Å². The normalized spacial score (nSPS) is 15.2. The van der Waals surface area contributed by atoms with E-state index in [2.05, 4.69) is 0 Å². The van der Waals surface area contributed by atoms with Crippen LogP contribution in [0, 0.1) is 0 Å².